The molecule has 0 aliphatic carbocycles. The summed E-state index contributed by atoms with van der Waals surface area (Å²) in [4.78, 5) is 0. The van der Waals surface area contributed by atoms with Gasteiger partial charge in [0.1, 0.15) is 0 Å². The lowest BCUT2D eigenvalue weighted by molar-refractivity contribution is -0.137. The molecule has 0 aliphatic heterocycles. The average molecular weight is 187 g/mol. The number of hydrogen-bond donors (Lipinski definition) is 0. The Morgan fingerprint density at radius 2 is 2.00 bits per heavy atom. The van der Waals surface area contributed by atoms with Crippen molar-refractivity contribution in [3.05, 3.63) is 35.4 Å². The second kappa shape index (κ2) is 3.81. The summed E-state index contributed by atoms with van der Waals surface area (Å²) in [6, 6.07) is 6.25. The van der Waals surface area contributed by atoms with Gasteiger partial charge in [-0.25, -0.2) is 0 Å². The molecule has 1 aromatic carbocycles. The molecule has 0 amide bonds. The van der Waals surface area contributed by atoms with Crippen molar-refractivity contribution >= 4 is 0 Å². The Kier molecular flexibility index (Phi) is 2.96. The Morgan fingerprint density at radius 3 is 2.54 bits per heavy atom. The molecule has 0 heterocycles. The number of hydrogen-bond acceptors (Lipinski definition) is 0. The number of aryl methyl sites for hydroxylation is 1. The van der Waals surface area contributed by atoms with E-state index >= 15 is 0 Å². The maximum atomic E-state index is 12.2. The van der Waals surface area contributed by atoms with Crippen LogP contribution in [0.4, 0.5) is 13.2 Å². The van der Waals surface area contributed by atoms with E-state index in [2.05, 4.69) is 6.07 Å². The highest BCUT2D eigenvalue weighted by atomic mass is 19.4. The van der Waals surface area contributed by atoms with Crippen LogP contribution in [0, 0.1) is 6.07 Å². The van der Waals surface area contributed by atoms with E-state index in [9.17, 15) is 13.2 Å². The van der Waals surface area contributed by atoms with Crippen LogP contribution in [0.15, 0.2) is 18.2 Å². The number of alkyl halides is 3. The van der Waals surface area contributed by atoms with E-state index in [4.69, 9.17) is 0 Å². The Morgan fingerprint density at radius 1 is 1.31 bits per heavy atom. The van der Waals surface area contributed by atoms with Gasteiger partial charge in [0.15, 0.2) is 0 Å². The van der Waals surface area contributed by atoms with Crippen LogP contribution in [-0.2, 0) is 12.6 Å². The van der Waals surface area contributed by atoms with E-state index in [0.717, 1.165) is 12.5 Å². The van der Waals surface area contributed by atoms with E-state index in [0.29, 0.717) is 12.0 Å². The monoisotopic (exact) mass is 187 g/mol. The molecule has 3 heteroatoms. The summed E-state index contributed by atoms with van der Waals surface area (Å²) in [5.41, 5.74) is 0.0794. The van der Waals surface area contributed by atoms with Crippen LogP contribution < -0.4 is 0 Å². The van der Waals surface area contributed by atoms with Crippen molar-refractivity contribution in [2.24, 2.45) is 0 Å². The lowest BCUT2D eigenvalue weighted by atomic mass is 10.1. The normalized spacial score (nSPS) is 11.7. The topological polar surface area (TPSA) is 0 Å². The van der Waals surface area contributed by atoms with Gasteiger partial charge in [-0.2, -0.15) is 13.2 Å². The zero-order valence-corrected chi connectivity index (χ0v) is 7.28. The summed E-state index contributed by atoms with van der Waals surface area (Å²) in [6.45, 7) is 1.93. The molecule has 0 fully saturated rings. The quantitative estimate of drug-likeness (QED) is 0.665. The van der Waals surface area contributed by atoms with Gasteiger partial charge in [0.2, 0.25) is 0 Å². The highest BCUT2D eigenvalue weighted by Crippen LogP contribution is 2.29. The summed E-state index contributed by atoms with van der Waals surface area (Å²) in [7, 11) is 0. The molecule has 1 radical (unpaired) electrons. The van der Waals surface area contributed by atoms with E-state index < -0.39 is 11.7 Å². The van der Waals surface area contributed by atoms with Gasteiger partial charge in [-0.1, -0.05) is 19.4 Å². The largest absolute Gasteiger partial charge is 0.416 e. The molecule has 1 aromatic rings. The van der Waals surface area contributed by atoms with E-state index in [1.165, 1.54) is 6.07 Å². The first kappa shape index (κ1) is 10.1. The SMILES string of the molecule is CCCc1c[c]cc(C(F)(F)F)c1. The standard InChI is InChI=1S/C10H10F3/c1-2-4-8-5-3-6-9(7-8)10(11,12)13/h5-7H,2,4H2,1H3. The number of rotatable bonds is 2. The minimum absolute atomic E-state index is 0.613. The average Bonchev–Trinajstić information content (AvgIpc) is 2.04. The molecule has 71 valence electrons. The van der Waals surface area contributed by atoms with Crippen LogP contribution in [-0.4, -0.2) is 0 Å². The summed E-state index contributed by atoms with van der Waals surface area (Å²) in [5, 5.41) is 0. The van der Waals surface area contributed by atoms with E-state index in [-0.39, 0.29) is 0 Å². The minimum Gasteiger partial charge on any atom is -0.166 e. The van der Waals surface area contributed by atoms with Crippen LogP contribution in [0.3, 0.4) is 0 Å². The van der Waals surface area contributed by atoms with Gasteiger partial charge >= 0.3 is 6.18 Å². The molecule has 0 N–H and O–H groups in total. The highest BCUT2D eigenvalue weighted by Gasteiger charge is 2.30. The first-order valence-corrected chi connectivity index (χ1v) is 4.11. The van der Waals surface area contributed by atoms with Crippen molar-refractivity contribution in [3.63, 3.8) is 0 Å². The number of benzene rings is 1. The fraction of sp³-hybridized carbons (Fsp3) is 0.400. The van der Waals surface area contributed by atoms with Crippen molar-refractivity contribution in [3.8, 4) is 0 Å². The van der Waals surface area contributed by atoms with Gasteiger partial charge in [-0.3, -0.25) is 0 Å². The molecule has 0 saturated carbocycles. The first-order chi connectivity index (χ1) is 6.04. The van der Waals surface area contributed by atoms with E-state index in [1.807, 2.05) is 6.92 Å². The molecule has 0 spiro atoms. The molecule has 13 heavy (non-hydrogen) atoms. The fourth-order valence-electron chi connectivity index (χ4n) is 1.12. The molecular formula is C10H10F3. The molecular weight excluding hydrogens is 177 g/mol. The van der Waals surface area contributed by atoms with Crippen molar-refractivity contribution in [1.82, 2.24) is 0 Å². The summed E-state index contributed by atoms with van der Waals surface area (Å²) < 4.78 is 36.6. The third kappa shape index (κ3) is 2.76. The second-order valence-electron chi connectivity index (χ2n) is 2.88. The molecule has 0 atom stereocenters. The zero-order chi connectivity index (χ0) is 9.90. The van der Waals surface area contributed by atoms with Gasteiger partial charge in [-0.05, 0) is 30.2 Å². The molecule has 0 saturated heterocycles. The third-order valence-electron chi connectivity index (χ3n) is 1.71. The number of halogens is 3. The Hall–Kier alpha value is -0.990. The molecule has 0 aromatic heterocycles. The smallest absolute Gasteiger partial charge is 0.166 e. The maximum Gasteiger partial charge on any atom is 0.416 e. The lowest BCUT2D eigenvalue weighted by Crippen LogP contribution is -2.05. The molecule has 0 unspecified atom stereocenters. The summed E-state index contributed by atoms with van der Waals surface area (Å²) in [6.07, 6.45) is -2.74. The Labute approximate surface area is 75.4 Å². The van der Waals surface area contributed by atoms with Crippen LogP contribution in [0.1, 0.15) is 24.5 Å². The minimum atomic E-state index is -4.25. The van der Waals surface area contributed by atoms with E-state index in [1.54, 1.807) is 6.07 Å². The highest BCUT2D eigenvalue weighted by molar-refractivity contribution is 5.24. The fourth-order valence-corrected chi connectivity index (χ4v) is 1.12. The first-order valence-electron chi connectivity index (χ1n) is 4.11. The third-order valence-corrected chi connectivity index (χ3v) is 1.71. The van der Waals surface area contributed by atoms with Gasteiger partial charge in [0.05, 0.1) is 5.56 Å². The predicted octanol–water partition coefficient (Wildman–Crippen LogP) is 3.46. The van der Waals surface area contributed by atoms with Crippen molar-refractivity contribution in [1.29, 1.82) is 0 Å². The van der Waals surface area contributed by atoms with Gasteiger partial charge < -0.3 is 0 Å². The maximum absolute atomic E-state index is 12.2. The molecule has 0 bridgehead atoms. The van der Waals surface area contributed by atoms with Crippen LogP contribution in [0.25, 0.3) is 0 Å². The lowest BCUT2D eigenvalue weighted by Gasteiger charge is -2.07. The van der Waals surface area contributed by atoms with Crippen LogP contribution in [0.2, 0.25) is 0 Å². The van der Waals surface area contributed by atoms with Crippen LogP contribution in [0.5, 0.6) is 0 Å². The van der Waals surface area contributed by atoms with Gasteiger partial charge in [0.25, 0.3) is 0 Å². The van der Waals surface area contributed by atoms with Gasteiger partial charge in [0, 0.05) is 0 Å². The van der Waals surface area contributed by atoms with Crippen molar-refractivity contribution < 1.29 is 13.2 Å². The second-order valence-corrected chi connectivity index (χ2v) is 2.88. The van der Waals surface area contributed by atoms with Crippen molar-refractivity contribution in [2.45, 2.75) is 25.9 Å². The molecule has 1 rings (SSSR count). The van der Waals surface area contributed by atoms with Crippen LogP contribution >= 0.6 is 0 Å². The zero-order valence-electron chi connectivity index (χ0n) is 7.28. The molecule has 0 aliphatic rings. The van der Waals surface area contributed by atoms with Gasteiger partial charge in [-0.15, -0.1) is 0 Å². The Bertz CT molecular complexity index is 276. The summed E-state index contributed by atoms with van der Waals surface area (Å²) >= 11 is 0. The summed E-state index contributed by atoms with van der Waals surface area (Å²) in [5.74, 6) is 0. The van der Waals surface area contributed by atoms with Crippen molar-refractivity contribution in [2.75, 3.05) is 0 Å². The Balaban J connectivity index is 2.92. The predicted molar refractivity (Wildman–Crippen MR) is 44.3 cm³/mol. The molecule has 0 nitrogen and oxygen atoms in total.